The van der Waals surface area contributed by atoms with E-state index in [4.69, 9.17) is 4.74 Å². The lowest BCUT2D eigenvalue weighted by Gasteiger charge is -2.31. The van der Waals surface area contributed by atoms with E-state index in [1.807, 2.05) is 6.92 Å². The van der Waals surface area contributed by atoms with E-state index < -0.39 is 0 Å². The van der Waals surface area contributed by atoms with Gasteiger partial charge in [-0.1, -0.05) is 6.92 Å². The first-order chi connectivity index (χ1) is 8.36. The van der Waals surface area contributed by atoms with Crippen molar-refractivity contribution in [1.82, 2.24) is 10.2 Å². The first-order valence-corrected chi connectivity index (χ1v) is 8.04. The van der Waals surface area contributed by atoms with Crippen molar-refractivity contribution in [2.24, 2.45) is 0 Å². The summed E-state index contributed by atoms with van der Waals surface area (Å²) in [6.07, 6.45) is 2.43. The van der Waals surface area contributed by atoms with Crippen LogP contribution < -0.4 is 5.32 Å². The lowest BCUT2D eigenvalue weighted by atomic mass is 10.3. The first kappa shape index (κ1) is 15.3. The summed E-state index contributed by atoms with van der Waals surface area (Å²) in [4.78, 5) is 2.60. The molecule has 1 atom stereocenters. The summed E-state index contributed by atoms with van der Waals surface area (Å²) in [7, 11) is 0. The van der Waals surface area contributed by atoms with Crippen LogP contribution in [-0.2, 0) is 4.74 Å². The van der Waals surface area contributed by atoms with Crippen molar-refractivity contribution in [3.05, 3.63) is 0 Å². The standard InChI is InChI=1S/C13H28N2OS/c1-3-13-12-15(9-11-17-13)8-7-14-6-5-10-16-4-2/h13-14H,3-12H2,1-2H3. The molecule has 0 radical (unpaired) electrons. The highest BCUT2D eigenvalue weighted by molar-refractivity contribution is 8.00. The Morgan fingerprint density at radius 1 is 1.35 bits per heavy atom. The fraction of sp³-hybridized carbons (Fsp3) is 1.00. The van der Waals surface area contributed by atoms with Gasteiger partial charge < -0.3 is 15.0 Å². The highest BCUT2D eigenvalue weighted by Crippen LogP contribution is 2.20. The summed E-state index contributed by atoms with van der Waals surface area (Å²) >= 11 is 2.14. The molecule has 1 aliphatic rings. The lowest BCUT2D eigenvalue weighted by Crippen LogP contribution is -2.41. The summed E-state index contributed by atoms with van der Waals surface area (Å²) in [6, 6.07) is 0. The first-order valence-electron chi connectivity index (χ1n) is 6.99. The van der Waals surface area contributed by atoms with E-state index in [0.717, 1.165) is 38.0 Å². The SMILES string of the molecule is CCOCCCNCCN1CCSC(CC)C1. The van der Waals surface area contributed by atoms with Crippen molar-refractivity contribution in [3.63, 3.8) is 0 Å². The third-order valence-electron chi connectivity index (χ3n) is 3.13. The van der Waals surface area contributed by atoms with Crippen molar-refractivity contribution in [3.8, 4) is 0 Å². The molecule has 1 saturated heterocycles. The molecule has 0 aromatic rings. The van der Waals surface area contributed by atoms with Crippen LogP contribution in [0.2, 0.25) is 0 Å². The van der Waals surface area contributed by atoms with E-state index in [1.165, 1.54) is 31.8 Å². The molecule has 0 spiro atoms. The Morgan fingerprint density at radius 3 is 3.00 bits per heavy atom. The smallest absolute Gasteiger partial charge is 0.0477 e. The molecule has 0 aliphatic carbocycles. The van der Waals surface area contributed by atoms with Crippen LogP contribution in [0.4, 0.5) is 0 Å². The van der Waals surface area contributed by atoms with Crippen molar-refractivity contribution >= 4 is 11.8 Å². The topological polar surface area (TPSA) is 24.5 Å². The van der Waals surface area contributed by atoms with E-state index >= 15 is 0 Å². The molecule has 1 N–H and O–H groups in total. The molecule has 17 heavy (non-hydrogen) atoms. The fourth-order valence-corrected chi connectivity index (χ4v) is 3.29. The Balaban J connectivity index is 1.91. The second-order valence-electron chi connectivity index (χ2n) is 4.50. The molecule has 0 aromatic carbocycles. The molecule has 1 rings (SSSR count). The summed E-state index contributed by atoms with van der Waals surface area (Å²) < 4.78 is 5.31. The van der Waals surface area contributed by atoms with Gasteiger partial charge in [0.2, 0.25) is 0 Å². The van der Waals surface area contributed by atoms with Gasteiger partial charge in [-0.05, 0) is 26.3 Å². The maximum atomic E-state index is 5.31. The monoisotopic (exact) mass is 260 g/mol. The van der Waals surface area contributed by atoms with Crippen molar-refractivity contribution in [1.29, 1.82) is 0 Å². The number of hydrogen-bond acceptors (Lipinski definition) is 4. The van der Waals surface area contributed by atoms with Gasteiger partial charge in [-0.3, -0.25) is 0 Å². The zero-order chi connectivity index (χ0) is 12.3. The van der Waals surface area contributed by atoms with E-state index in [-0.39, 0.29) is 0 Å². The molecular formula is C13H28N2OS. The van der Waals surface area contributed by atoms with Gasteiger partial charge in [-0.25, -0.2) is 0 Å². The summed E-state index contributed by atoms with van der Waals surface area (Å²) in [5.74, 6) is 1.31. The van der Waals surface area contributed by atoms with E-state index in [1.54, 1.807) is 0 Å². The zero-order valence-electron chi connectivity index (χ0n) is 11.4. The fourth-order valence-electron chi connectivity index (χ4n) is 2.04. The number of ether oxygens (including phenoxy) is 1. The third kappa shape index (κ3) is 7.29. The maximum absolute atomic E-state index is 5.31. The minimum absolute atomic E-state index is 0.837. The Kier molecular flexibility index (Phi) is 9.16. The summed E-state index contributed by atoms with van der Waals surface area (Å²) in [6.45, 7) is 12.0. The van der Waals surface area contributed by atoms with Crippen LogP contribution in [0.25, 0.3) is 0 Å². The number of nitrogens with zero attached hydrogens (tertiary/aromatic N) is 1. The minimum atomic E-state index is 0.837. The second-order valence-corrected chi connectivity index (χ2v) is 5.91. The molecule has 1 fully saturated rings. The lowest BCUT2D eigenvalue weighted by molar-refractivity contribution is 0.144. The molecule has 1 heterocycles. The van der Waals surface area contributed by atoms with Gasteiger partial charge in [0, 0.05) is 50.4 Å². The van der Waals surface area contributed by atoms with Crippen molar-refractivity contribution < 1.29 is 4.74 Å². The molecule has 1 aliphatic heterocycles. The van der Waals surface area contributed by atoms with Crippen LogP contribution in [0.3, 0.4) is 0 Å². The normalized spacial score (nSPS) is 21.9. The predicted molar refractivity (Wildman–Crippen MR) is 77.0 cm³/mol. The van der Waals surface area contributed by atoms with E-state index in [2.05, 4.69) is 28.9 Å². The van der Waals surface area contributed by atoms with Crippen LogP contribution in [0.1, 0.15) is 26.7 Å². The largest absolute Gasteiger partial charge is 0.382 e. The molecule has 1 unspecified atom stereocenters. The number of hydrogen-bond donors (Lipinski definition) is 1. The molecule has 0 aromatic heterocycles. The van der Waals surface area contributed by atoms with E-state index in [9.17, 15) is 0 Å². The van der Waals surface area contributed by atoms with Crippen molar-refractivity contribution in [2.45, 2.75) is 31.9 Å². The minimum Gasteiger partial charge on any atom is -0.382 e. The van der Waals surface area contributed by atoms with Crippen LogP contribution in [-0.4, -0.2) is 61.8 Å². The second kappa shape index (κ2) is 10.2. The van der Waals surface area contributed by atoms with Gasteiger partial charge >= 0.3 is 0 Å². The molecule has 3 nitrogen and oxygen atoms in total. The molecule has 0 amide bonds. The highest BCUT2D eigenvalue weighted by Gasteiger charge is 2.17. The summed E-state index contributed by atoms with van der Waals surface area (Å²) in [5.41, 5.74) is 0. The molecule has 0 bridgehead atoms. The predicted octanol–water partition coefficient (Wildman–Crippen LogP) is 1.83. The molecule has 4 heteroatoms. The van der Waals surface area contributed by atoms with Gasteiger partial charge in [-0.15, -0.1) is 0 Å². The molecular weight excluding hydrogens is 232 g/mol. The van der Waals surface area contributed by atoms with Gasteiger partial charge in [0.1, 0.15) is 0 Å². The van der Waals surface area contributed by atoms with Crippen LogP contribution in [0.5, 0.6) is 0 Å². The zero-order valence-corrected chi connectivity index (χ0v) is 12.2. The van der Waals surface area contributed by atoms with Gasteiger partial charge in [0.05, 0.1) is 0 Å². The average molecular weight is 260 g/mol. The van der Waals surface area contributed by atoms with Crippen LogP contribution >= 0.6 is 11.8 Å². The Bertz CT molecular complexity index is 181. The molecule has 102 valence electrons. The van der Waals surface area contributed by atoms with Gasteiger partial charge in [-0.2, -0.15) is 11.8 Å². The molecule has 0 saturated carbocycles. The quantitative estimate of drug-likeness (QED) is 0.639. The maximum Gasteiger partial charge on any atom is 0.0477 e. The van der Waals surface area contributed by atoms with Gasteiger partial charge in [0.25, 0.3) is 0 Å². The van der Waals surface area contributed by atoms with E-state index in [0.29, 0.717) is 0 Å². The van der Waals surface area contributed by atoms with Crippen LogP contribution in [0, 0.1) is 0 Å². The van der Waals surface area contributed by atoms with Crippen molar-refractivity contribution in [2.75, 3.05) is 51.7 Å². The number of nitrogens with one attached hydrogen (secondary N) is 1. The van der Waals surface area contributed by atoms with Crippen LogP contribution in [0.15, 0.2) is 0 Å². The van der Waals surface area contributed by atoms with Gasteiger partial charge in [0.15, 0.2) is 0 Å². The Hall–Kier alpha value is 0.230. The Morgan fingerprint density at radius 2 is 2.24 bits per heavy atom. The number of thioether (sulfide) groups is 1. The highest BCUT2D eigenvalue weighted by atomic mass is 32.2. The average Bonchev–Trinajstić information content (AvgIpc) is 2.38. The number of rotatable bonds is 9. The third-order valence-corrected chi connectivity index (χ3v) is 4.50. The Labute approximate surface area is 111 Å². The summed E-state index contributed by atoms with van der Waals surface area (Å²) in [5, 5.41) is 4.36.